The van der Waals surface area contributed by atoms with Crippen molar-refractivity contribution in [2.45, 2.75) is 31.2 Å². The van der Waals surface area contributed by atoms with Crippen LogP contribution in [0.25, 0.3) is 11.1 Å². The summed E-state index contributed by atoms with van der Waals surface area (Å²) in [6, 6.07) is 16.1. The highest BCUT2D eigenvalue weighted by Gasteiger charge is 2.45. The van der Waals surface area contributed by atoms with Gasteiger partial charge in [0.15, 0.2) is 0 Å². The average Bonchev–Trinajstić information content (AvgIpc) is 3.30. The summed E-state index contributed by atoms with van der Waals surface area (Å²) in [5.74, 6) is -1.52. The SMILES string of the molecule is C[C@]1(C(=O)O)CCCN1C(=O)CNC(=O)OCC1c2ccccc2-c2ccccc21. The first kappa shape index (κ1) is 19.9. The minimum atomic E-state index is -1.22. The van der Waals surface area contributed by atoms with Gasteiger partial charge in [-0.25, -0.2) is 9.59 Å². The normalized spacial score (nSPS) is 19.8. The van der Waals surface area contributed by atoms with E-state index in [4.69, 9.17) is 4.74 Å². The van der Waals surface area contributed by atoms with E-state index in [0.717, 1.165) is 22.3 Å². The molecule has 2 aromatic rings. The molecule has 2 N–H and O–H groups in total. The first-order valence-corrected chi connectivity index (χ1v) is 10.0. The lowest BCUT2D eigenvalue weighted by molar-refractivity contribution is -0.154. The number of fused-ring (bicyclic) bond motifs is 3. The molecule has 0 aromatic heterocycles. The third kappa shape index (κ3) is 3.40. The summed E-state index contributed by atoms with van der Waals surface area (Å²) in [5, 5.41) is 11.9. The van der Waals surface area contributed by atoms with Crippen LogP contribution in [0.2, 0.25) is 0 Å². The van der Waals surface area contributed by atoms with Gasteiger partial charge in [-0.15, -0.1) is 0 Å². The lowest BCUT2D eigenvalue weighted by Gasteiger charge is -2.31. The molecule has 1 heterocycles. The molecule has 2 aliphatic rings. The molecule has 7 heteroatoms. The molecule has 7 nitrogen and oxygen atoms in total. The van der Waals surface area contributed by atoms with Gasteiger partial charge in [0.1, 0.15) is 18.7 Å². The molecule has 0 saturated carbocycles. The van der Waals surface area contributed by atoms with Crippen molar-refractivity contribution in [3.05, 3.63) is 59.7 Å². The van der Waals surface area contributed by atoms with Crippen molar-refractivity contribution in [2.75, 3.05) is 19.7 Å². The summed E-state index contributed by atoms with van der Waals surface area (Å²) in [6.45, 7) is 1.77. The highest BCUT2D eigenvalue weighted by atomic mass is 16.5. The summed E-state index contributed by atoms with van der Waals surface area (Å²) in [4.78, 5) is 37.5. The fourth-order valence-corrected chi connectivity index (χ4v) is 4.48. The van der Waals surface area contributed by atoms with Gasteiger partial charge in [0.05, 0.1) is 0 Å². The molecule has 0 bridgehead atoms. The minimum Gasteiger partial charge on any atom is -0.480 e. The molecule has 4 rings (SSSR count). The summed E-state index contributed by atoms with van der Waals surface area (Å²) in [7, 11) is 0. The molecule has 0 unspecified atom stereocenters. The van der Waals surface area contributed by atoms with Gasteiger partial charge >= 0.3 is 12.1 Å². The maximum atomic E-state index is 12.4. The van der Waals surface area contributed by atoms with Gasteiger partial charge in [0.25, 0.3) is 0 Å². The molecule has 1 fully saturated rings. The van der Waals surface area contributed by atoms with Crippen molar-refractivity contribution in [1.82, 2.24) is 10.2 Å². The zero-order valence-electron chi connectivity index (χ0n) is 16.8. The quantitative estimate of drug-likeness (QED) is 0.793. The number of nitrogens with zero attached hydrogens (tertiary/aromatic N) is 1. The number of alkyl carbamates (subject to hydrolysis) is 1. The second-order valence-electron chi connectivity index (χ2n) is 7.91. The van der Waals surface area contributed by atoms with E-state index in [1.165, 1.54) is 11.8 Å². The number of carbonyl (C=O) groups excluding carboxylic acids is 2. The summed E-state index contributed by atoms with van der Waals surface area (Å²) in [5.41, 5.74) is 3.27. The van der Waals surface area contributed by atoms with Crippen LogP contribution in [0, 0.1) is 0 Å². The van der Waals surface area contributed by atoms with Crippen LogP contribution in [-0.4, -0.2) is 53.2 Å². The van der Waals surface area contributed by atoms with Crippen molar-refractivity contribution >= 4 is 18.0 Å². The van der Waals surface area contributed by atoms with E-state index in [-0.39, 0.29) is 19.1 Å². The standard InChI is InChI=1S/C23H24N2O5/c1-23(21(27)28)11-6-12-25(23)20(26)13-24-22(29)30-14-19-17-9-4-2-7-15(17)16-8-3-5-10-18(16)19/h2-5,7-10,19H,6,11-14H2,1H3,(H,24,29)(H,27,28)/t23-/m1/s1. The van der Waals surface area contributed by atoms with Crippen LogP contribution in [-0.2, 0) is 14.3 Å². The number of carbonyl (C=O) groups is 3. The number of amides is 2. The van der Waals surface area contributed by atoms with Gasteiger partial charge in [-0.3, -0.25) is 4.79 Å². The van der Waals surface area contributed by atoms with Crippen LogP contribution in [0.15, 0.2) is 48.5 Å². The molecule has 1 saturated heterocycles. The average molecular weight is 408 g/mol. The van der Waals surface area contributed by atoms with Crippen LogP contribution in [0.5, 0.6) is 0 Å². The zero-order valence-corrected chi connectivity index (χ0v) is 16.8. The van der Waals surface area contributed by atoms with Crippen molar-refractivity contribution in [2.24, 2.45) is 0 Å². The number of benzene rings is 2. The van der Waals surface area contributed by atoms with E-state index in [1.54, 1.807) is 0 Å². The van der Waals surface area contributed by atoms with E-state index in [1.807, 2.05) is 36.4 Å². The molecular weight excluding hydrogens is 384 g/mol. The van der Waals surface area contributed by atoms with Crippen molar-refractivity contribution in [1.29, 1.82) is 0 Å². The molecule has 2 aromatic carbocycles. The Labute approximate surface area is 174 Å². The topological polar surface area (TPSA) is 95.9 Å². The summed E-state index contributed by atoms with van der Waals surface area (Å²) < 4.78 is 5.42. The van der Waals surface area contributed by atoms with E-state index < -0.39 is 23.5 Å². The maximum absolute atomic E-state index is 12.4. The first-order valence-electron chi connectivity index (χ1n) is 10.0. The number of carboxylic acid groups (broad SMARTS) is 1. The molecule has 2 amide bonds. The van der Waals surface area contributed by atoms with Crippen molar-refractivity contribution < 1.29 is 24.2 Å². The Morgan fingerprint density at radius 1 is 1.10 bits per heavy atom. The number of ether oxygens (including phenoxy) is 1. The predicted octanol–water partition coefficient (Wildman–Crippen LogP) is 2.99. The van der Waals surface area contributed by atoms with Crippen LogP contribution in [0.1, 0.15) is 36.8 Å². The Balaban J connectivity index is 1.36. The van der Waals surface area contributed by atoms with E-state index in [0.29, 0.717) is 19.4 Å². The highest BCUT2D eigenvalue weighted by molar-refractivity contribution is 5.89. The second-order valence-corrected chi connectivity index (χ2v) is 7.91. The largest absolute Gasteiger partial charge is 0.480 e. The molecule has 30 heavy (non-hydrogen) atoms. The molecule has 1 aliphatic carbocycles. The minimum absolute atomic E-state index is 0.0623. The van der Waals surface area contributed by atoms with E-state index >= 15 is 0 Å². The number of nitrogens with one attached hydrogen (secondary N) is 1. The van der Waals surface area contributed by atoms with Crippen LogP contribution < -0.4 is 5.32 Å². The Morgan fingerprint density at radius 2 is 1.70 bits per heavy atom. The molecule has 156 valence electrons. The Hall–Kier alpha value is -3.35. The number of hydrogen-bond acceptors (Lipinski definition) is 4. The number of carboxylic acids is 1. The molecule has 0 radical (unpaired) electrons. The molecular formula is C23H24N2O5. The Kier molecular flexibility index (Phi) is 5.20. The third-order valence-electron chi connectivity index (χ3n) is 6.13. The molecule has 1 aliphatic heterocycles. The first-order chi connectivity index (χ1) is 14.4. The van der Waals surface area contributed by atoms with Crippen LogP contribution in [0.4, 0.5) is 4.79 Å². The summed E-state index contributed by atoms with van der Waals surface area (Å²) in [6.07, 6.45) is 0.333. The van der Waals surface area contributed by atoms with Crippen molar-refractivity contribution in [3.8, 4) is 11.1 Å². The lowest BCUT2D eigenvalue weighted by Crippen LogP contribution is -2.53. The van der Waals surface area contributed by atoms with Crippen LogP contribution >= 0.6 is 0 Å². The smallest absolute Gasteiger partial charge is 0.407 e. The van der Waals surface area contributed by atoms with Gasteiger partial charge in [0.2, 0.25) is 5.91 Å². The number of hydrogen-bond donors (Lipinski definition) is 2. The van der Waals surface area contributed by atoms with Gasteiger partial charge in [0, 0.05) is 12.5 Å². The maximum Gasteiger partial charge on any atom is 0.407 e. The zero-order chi connectivity index (χ0) is 21.3. The monoisotopic (exact) mass is 408 g/mol. The number of likely N-dealkylation sites (tertiary alicyclic amines) is 1. The van der Waals surface area contributed by atoms with E-state index in [9.17, 15) is 19.5 Å². The Bertz CT molecular complexity index is 959. The fraction of sp³-hybridized carbons (Fsp3) is 0.348. The molecule has 1 atom stereocenters. The fourth-order valence-electron chi connectivity index (χ4n) is 4.48. The van der Waals surface area contributed by atoms with Crippen molar-refractivity contribution in [3.63, 3.8) is 0 Å². The van der Waals surface area contributed by atoms with Crippen LogP contribution in [0.3, 0.4) is 0 Å². The number of rotatable bonds is 5. The number of aliphatic carboxylic acids is 1. The molecule has 0 spiro atoms. The lowest BCUT2D eigenvalue weighted by atomic mass is 9.98. The Morgan fingerprint density at radius 3 is 2.30 bits per heavy atom. The van der Waals surface area contributed by atoms with Gasteiger partial charge in [-0.05, 0) is 42.0 Å². The second kappa shape index (κ2) is 7.82. The highest BCUT2D eigenvalue weighted by Crippen LogP contribution is 2.44. The van der Waals surface area contributed by atoms with Gasteiger partial charge in [-0.2, -0.15) is 0 Å². The third-order valence-corrected chi connectivity index (χ3v) is 6.13. The van der Waals surface area contributed by atoms with Gasteiger partial charge in [-0.1, -0.05) is 48.5 Å². The summed E-state index contributed by atoms with van der Waals surface area (Å²) >= 11 is 0. The van der Waals surface area contributed by atoms with Gasteiger partial charge < -0.3 is 20.1 Å². The van der Waals surface area contributed by atoms with E-state index in [2.05, 4.69) is 17.4 Å². The predicted molar refractivity (Wildman–Crippen MR) is 110 cm³/mol.